The summed E-state index contributed by atoms with van der Waals surface area (Å²) in [6.07, 6.45) is 0. The van der Waals surface area contributed by atoms with E-state index in [1.54, 1.807) is 48.5 Å². The number of hydrogen-bond donors (Lipinski definition) is 0. The first-order chi connectivity index (χ1) is 15.4. The molecule has 0 atom stereocenters. The maximum Gasteiger partial charge on any atom is 0.339 e. The fourth-order valence-corrected chi connectivity index (χ4v) is 3.44. The summed E-state index contributed by atoms with van der Waals surface area (Å²) in [5, 5.41) is 11.8. The Bertz CT molecular complexity index is 1350. The zero-order valence-electron chi connectivity index (χ0n) is 16.5. The van der Waals surface area contributed by atoms with Crippen molar-refractivity contribution in [2.45, 2.75) is 0 Å². The van der Waals surface area contributed by atoms with Crippen LogP contribution in [-0.2, 0) is 4.74 Å². The number of fused-ring (bicyclic) bond motifs is 1. The number of para-hydroxylation sites is 1. The van der Waals surface area contributed by atoms with Crippen molar-refractivity contribution in [3.8, 4) is 11.3 Å². The highest BCUT2D eigenvalue weighted by molar-refractivity contribution is 6.33. The molecule has 0 unspecified atom stereocenters. The molecule has 1 heterocycles. The van der Waals surface area contributed by atoms with Gasteiger partial charge in [-0.05, 0) is 30.3 Å². The molecule has 0 aliphatic heterocycles. The molecule has 0 fully saturated rings. The number of rotatable bonds is 6. The minimum Gasteiger partial charge on any atom is -0.454 e. The van der Waals surface area contributed by atoms with Crippen LogP contribution in [-0.4, -0.2) is 28.3 Å². The fraction of sp³-hybridized carbons (Fsp3) is 0.0417. The summed E-state index contributed by atoms with van der Waals surface area (Å²) >= 11 is 6.30. The fourth-order valence-electron chi connectivity index (χ4n) is 3.21. The Labute approximate surface area is 187 Å². The molecule has 32 heavy (non-hydrogen) atoms. The van der Waals surface area contributed by atoms with E-state index in [9.17, 15) is 19.7 Å². The zero-order valence-corrected chi connectivity index (χ0v) is 17.3. The Hall–Kier alpha value is -4.10. The van der Waals surface area contributed by atoms with Crippen LogP contribution in [0.1, 0.15) is 20.7 Å². The number of benzene rings is 3. The molecule has 4 rings (SSSR count). The van der Waals surface area contributed by atoms with E-state index in [2.05, 4.69) is 4.98 Å². The number of halogens is 1. The molecule has 7 nitrogen and oxygen atoms in total. The first-order valence-corrected chi connectivity index (χ1v) is 9.91. The number of carbonyl (C=O) groups excluding carboxylic acids is 2. The van der Waals surface area contributed by atoms with Crippen LogP contribution in [0.5, 0.6) is 0 Å². The van der Waals surface area contributed by atoms with Gasteiger partial charge in [0.15, 0.2) is 12.4 Å². The van der Waals surface area contributed by atoms with Crippen LogP contribution < -0.4 is 0 Å². The predicted octanol–water partition coefficient (Wildman–Crippen LogP) is 5.50. The van der Waals surface area contributed by atoms with Gasteiger partial charge in [0.1, 0.15) is 0 Å². The summed E-state index contributed by atoms with van der Waals surface area (Å²) in [5.74, 6) is -1.16. The van der Waals surface area contributed by atoms with Crippen molar-refractivity contribution in [1.29, 1.82) is 0 Å². The van der Waals surface area contributed by atoms with Crippen molar-refractivity contribution in [2.24, 2.45) is 0 Å². The summed E-state index contributed by atoms with van der Waals surface area (Å²) in [7, 11) is 0. The highest BCUT2D eigenvalue weighted by atomic mass is 35.5. The lowest BCUT2D eigenvalue weighted by atomic mass is 10.0. The maximum atomic E-state index is 12.9. The average molecular weight is 447 g/mol. The Morgan fingerprint density at radius 1 is 0.969 bits per heavy atom. The van der Waals surface area contributed by atoms with Crippen LogP contribution in [0.25, 0.3) is 22.2 Å². The standard InChI is InChI=1S/C24H15ClN2O5/c25-20-7-3-1-6-18(20)22-13-19(17-5-2-4-8-21(17)26-22)24(29)32-14-23(28)15-9-11-16(12-10-15)27(30)31/h1-13H,14H2. The number of hydrogen-bond acceptors (Lipinski definition) is 6. The number of esters is 1. The predicted molar refractivity (Wildman–Crippen MR) is 120 cm³/mol. The third-order valence-corrected chi connectivity index (χ3v) is 5.15. The number of nitrogens with zero attached hydrogens (tertiary/aromatic N) is 2. The Kier molecular flexibility index (Phi) is 5.91. The molecule has 0 N–H and O–H groups in total. The molecule has 1 aromatic heterocycles. The van der Waals surface area contributed by atoms with Crippen LogP contribution in [0.4, 0.5) is 5.69 Å². The number of ketones is 1. The molecule has 8 heteroatoms. The number of nitro groups is 1. The van der Waals surface area contributed by atoms with Gasteiger partial charge in [0, 0.05) is 33.7 Å². The van der Waals surface area contributed by atoms with Crippen molar-refractivity contribution in [1.82, 2.24) is 4.98 Å². The quantitative estimate of drug-likeness (QED) is 0.168. The lowest BCUT2D eigenvalue weighted by molar-refractivity contribution is -0.384. The zero-order chi connectivity index (χ0) is 22.7. The number of non-ortho nitro benzene ring substituents is 1. The van der Waals surface area contributed by atoms with Crippen LogP contribution in [0.2, 0.25) is 5.02 Å². The monoisotopic (exact) mass is 446 g/mol. The Morgan fingerprint density at radius 3 is 2.38 bits per heavy atom. The van der Waals surface area contributed by atoms with Gasteiger partial charge >= 0.3 is 5.97 Å². The first kappa shape index (κ1) is 21.1. The maximum absolute atomic E-state index is 12.9. The van der Waals surface area contributed by atoms with E-state index in [-0.39, 0.29) is 16.8 Å². The second-order valence-corrected chi connectivity index (χ2v) is 7.26. The molecule has 0 bridgehead atoms. The number of ether oxygens (including phenoxy) is 1. The number of Topliss-reactive ketones (excluding diaryl/α,β-unsaturated/α-hetero) is 1. The van der Waals surface area contributed by atoms with E-state index >= 15 is 0 Å². The smallest absolute Gasteiger partial charge is 0.339 e. The molecule has 0 spiro atoms. The molecule has 4 aromatic rings. The minimum atomic E-state index is -0.688. The molecule has 0 amide bonds. The van der Waals surface area contributed by atoms with E-state index < -0.39 is 23.3 Å². The molecule has 0 aliphatic carbocycles. The summed E-state index contributed by atoms with van der Waals surface area (Å²) < 4.78 is 5.27. The topological polar surface area (TPSA) is 99.4 Å². The molecule has 0 radical (unpaired) electrons. The number of pyridine rings is 1. The summed E-state index contributed by atoms with van der Waals surface area (Å²) in [6.45, 7) is -0.505. The van der Waals surface area contributed by atoms with Crippen LogP contribution in [0.15, 0.2) is 78.9 Å². The molecule has 0 saturated carbocycles. The van der Waals surface area contributed by atoms with E-state index in [4.69, 9.17) is 16.3 Å². The molecule has 158 valence electrons. The summed E-state index contributed by atoms with van der Waals surface area (Å²) in [6, 6.07) is 20.9. The third-order valence-electron chi connectivity index (χ3n) is 4.82. The Balaban J connectivity index is 1.61. The summed E-state index contributed by atoms with van der Waals surface area (Å²) in [5.41, 5.74) is 2.08. The first-order valence-electron chi connectivity index (χ1n) is 9.53. The van der Waals surface area contributed by atoms with E-state index in [0.717, 1.165) is 0 Å². The van der Waals surface area contributed by atoms with E-state index in [1.807, 2.05) is 6.07 Å². The van der Waals surface area contributed by atoms with Crippen LogP contribution in [0, 0.1) is 10.1 Å². The van der Waals surface area contributed by atoms with Gasteiger partial charge in [-0.1, -0.05) is 48.0 Å². The molecule has 0 saturated heterocycles. The number of aromatic nitrogens is 1. The highest BCUT2D eigenvalue weighted by Crippen LogP contribution is 2.30. The lowest BCUT2D eigenvalue weighted by Gasteiger charge is -2.11. The van der Waals surface area contributed by atoms with Gasteiger partial charge in [-0.25, -0.2) is 9.78 Å². The molecular weight excluding hydrogens is 432 g/mol. The van der Waals surface area contributed by atoms with E-state index in [1.165, 1.54) is 24.3 Å². The lowest BCUT2D eigenvalue weighted by Crippen LogP contribution is -2.15. The van der Waals surface area contributed by atoms with Crippen molar-refractivity contribution in [2.75, 3.05) is 6.61 Å². The Morgan fingerprint density at radius 2 is 1.66 bits per heavy atom. The number of nitro benzene ring substituents is 1. The van der Waals surface area contributed by atoms with Gasteiger partial charge in [0.2, 0.25) is 0 Å². The third kappa shape index (κ3) is 4.33. The second kappa shape index (κ2) is 8.95. The van der Waals surface area contributed by atoms with Crippen molar-refractivity contribution >= 4 is 39.9 Å². The van der Waals surface area contributed by atoms with Gasteiger partial charge in [0.05, 0.1) is 21.7 Å². The second-order valence-electron chi connectivity index (χ2n) is 6.86. The number of carbonyl (C=O) groups is 2. The van der Waals surface area contributed by atoms with Crippen molar-refractivity contribution in [3.63, 3.8) is 0 Å². The van der Waals surface area contributed by atoms with E-state index in [0.29, 0.717) is 27.2 Å². The van der Waals surface area contributed by atoms with Crippen LogP contribution in [0.3, 0.4) is 0 Å². The van der Waals surface area contributed by atoms with Crippen molar-refractivity contribution < 1.29 is 19.2 Å². The van der Waals surface area contributed by atoms with Crippen LogP contribution >= 0.6 is 11.6 Å². The molecule has 0 aliphatic rings. The largest absolute Gasteiger partial charge is 0.454 e. The summed E-state index contributed by atoms with van der Waals surface area (Å²) in [4.78, 5) is 40.1. The van der Waals surface area contributed by atoms with Gasteiger partial charge in [-0.2, -0.15) is 0 Å². The minimum absolute atomic E-state index is 0.131. The van der Waals surface area contributed by atoms with Gasteiger partial charge in [0.25, 0.3) is 5.69 Å². The van der Waals surface area contributed by atoms with Gasteiger partial charge in [-0.3, -0.25) is 14.9 Å². The SMILES string of the molecule is O=C(COC(=O)c1cc(-c2ccccc2Cl)nc2ccccc12)c1ccc([N+](=O)[O-])cc1. The van der Waals surface area contributed by atoms with Gasteiger partial charge < -0.3 is 4.74 Å². The van der Waals surface area contributed by atoms with Gasteiger partial charge in [-0.15, -0.1) is 0 Å². The normalized spacial score (nSPS) is 10.7. The average Bonchev–Trinajstić information content (AvgIpc) is 2.82. The highest BCUT2D eigenvalue weighted by Gasteiger charge is 2.18. The van der Waals surface area contributed by atoms with Crippen molar-refractivity contribution in [3.05, 3.63) is 105 Å². The molecular formula is C24H15ClN2O5. The molecule has 3 aromatic carbocycles.